The summed E-state index contributed by atoms with van der Waals surface area (Å²) < 4.78 is 17.3. The second-order valence-corrected chi connectivity index (χ2v) is 10.6. The molecular formula is C28H40O6. The van der Waals surface area contributed by atoms with Gasteiger partial charge in [0.15, 0.2) is 6.10 Å². The fourth-order valence-corrected chi connectivity index (χ4v) is 3.55. The van der Waals surface area contributed by atoms with Crippen molar-refractivity contribution in [2.45, 2.75) is 84.7 Å². The van der Waals surface area contributed by atoms with Crippen LogP contribution in [0.15, 0.2) is 36.4 Å². The van der Waals surface area contributed by atoms with Gasteiger partial charge in [-0.2, -0.15) is 0 Å². The summed E-state index contributed by atoms with van der Waals surface area (Å²) in [5, 5.41) is 20.0. The fraction of sp³-hybridized carbons (Fsp3) is 0.536. The van der Waals surface area contributed by atoms with Gasteiger partial charge in [0, 0.05) is 17.5 Å². The van der Waals surface area contributed by atoms with E-state index in [-0.39, 0.29) is 10.8 Å². The predicted molar refractivity (Wildman–Crippen MR) is 135 cm³/mol. The van der Waals surface area contributed by atoms with E-state index in [4.69, 9.17) is 14.2 Å². The molecule has 2 aromatic rings. The van der Waals surface area contributed by atoms with Crippen molar-refractivity contribution in [3.05, 3.63) is 47.5 Å². The molecule has 2 rings (SSSR count). The Morgan fingerprint density at radius 3 is 1.76 bits per heavy atom. The third-order valence-electron chi connectivity index (χ3n) is 5.45. The lowest BCUT2D eigenvalue weighted by Gasteiger charge is -2.28. The first-order chi connectivity index (χ1) is 15.8. The maximum Gasteiger partial charge on any atom is 0.344 e. The number of carboxylic acid groups (broad SMARTS) is 1. The van der Waals surface area contributed by atoms with Gasteiger partial charge >= 0.3 is 5.97 Å². The SMILES string of the molecule is CCCC(Oc1ccc(OCCCOc2cc(C(C)(C)C)c(O)c(C(C)(C)C)c2)cc1)C(=O)O. The zero-order chi connectivity index (χ0) is 25.5. The van der Waals surface area contributed by atoms with Crippen LogP contribution in [0, 0.1) is 0 Å². The summed E-state index contributed by atoms with van der Waals surface area (Å²) in [4.78, 5) is 11.2. The molecule has 0 aliphatic rings. The van der Waals surface area contributed by atoms with E-state index in [0.29, 0.717) is 43.3 Å². The first-order valence-corrected chi connectivity index (χ1v) is 12.0. The summed E-state index contributed by atoms with van der Waals surface area (Å²) >= 11 is 0. The fourth-order valence-electron chi connectivity index (χ4n) is 3.55. The van der Waals surface area contributed by atoms with Gasteiger partial charge in [-0.3, -0.25) is 0 Å². The molecule has 0 aromatic heterocycles. The minimum Gasteiger partial charge on any atom is -0.507 e. The second kappa shape index (κ2) is 11.5. The molecule has 1 unspecified atom stereocenters. The van der Waals surface area contributed by atoms with E-state index in [1.54, 1.807) is 24.3 Å². The minimum absolute atomic E-state index is 0.205. The molecule has 0 radical (unpaired) electrons. The van der Waals surface area contributed by atoms with Crippen LogP contribution in [0.5, 0.6) is 23.0 Å². The van der Waals surface area contributed by atoms with Crippen LogP contribution in [0.1, 0.15) is 78.9 Å². The Morgan fingerprint density at radius 1 is 0.853 bits per heavy atom. The monoisotopic (exact) mass is 472 g/mol. The Morgan fingerprint density at radius 2 is 1.32 bits per heavy atom. The average Bonchev–Trinajstić information content (AvgIpc) is 2.73. The lowest BCUT2D eigenvalue weighted by atomic mass is 9.79. The average molecular weight is 473 g/mol. The number of carboxylic acids is 1. The lowest BCUT2D eigenvalue weighted by Crippen LogP contribution is -2.26. The predicted octanol–water partition coefficient (Wildman–Crippen LogP) is 6.47. The highest BCUT2D eigenvalue weighted by molar-refractivity contribution is 5.72. The number of aliphatic carboxylic acids is 1. The van der Waals surface area contributed by atoms with Crippen LogP contribution >= 0.6 is 0 Å². The number of phenols is 1. The number of rotatable bonds is 11. The number of benzene rings is 2. The Hall–Kier alpha value is -2.89. The maximum absolute atomic E-state index is 11.2. The van der Waals surface area contributed by atoms with Crippen molar-refractivity contribution < 1.29 is 29.2 Å². The quantitative estimate of drug-likeness (QED) is 0.365. The molecule has 6 heteroatoms. The highest BCUT2D eigenvalue weighted by Gasteiger charge is 2.27. The Kier molecular flexibility index (Phi) is 9.25. The Bertz CT molecular complexity index is 900. The molecule has 0 saturated heterocycles. The van der Waals surface area contributed by atoms with Gasteiger partial charge in [-0.1, -0.05) is 54.9 Å². The van der Waals surface area contributed by atoms with Crippen LogP contribution in [-0.2, 0) is 15.6 Å². The number of ether oxygens (including phenoxy) is 3. The number of phenolic OH excluding ortho intramolecular Hbond substituents is 1. The smallest absolute Gasteiger partial charge is 0.344 e. The summed E-state index contributed by atoms with van der Waals surface area (Å²) in [6.07, 6.45) is 1.04. The van der Waals surface area contributed by atoms with Gasteiger partial charge in [0.2, 0.25) is 0 Å². The largest absolute Gasteiger partial charge is 0.507 e. The molecule has 0 aliphatic heterocycles. The van der Waals surface area contributed by atoms with Crippen LogP contribution in [0.3, 0.4) is 0 Å². The molecule has 0 bridgehead atoms. The molecule has 2 aromatic carbocycles. The standard InChI is InChI=1S/C28H40O6/c1-8-10-24(26(30)31)34-20-13-11-19(12-14-20)32-15-9-16-33-21-17-22(27(2,3)4)25(29)23(18-21)28(5,6)7/h11-14,17-18,24,29H,8-10,15-16H2,1-7H3,(H,30,31). The molecule has 0 spiro atoms. The third kappa shape index (κ3) is 7.86. The van der Waals surface area contributed by atoms with Crippen molar-refractivity contribution in [3.63, 3.8) is 0 Å². The van der Waals surface area contributed by atoms with Gasteiger partial charge in [-0.15, -0.1) is 0 Å². The Labute approximate surface area is 203 Å². The zero-order valence-corrected chi connectivity index (χ0v) is 21.6. The summed E-state index contributed by atoms with van der Waals surface area (Å²) in [6, 6.07) is 10.8. The molecule has 0 amide bonds. The van der Waals surface area contributed by atoms with Gasteiger partial charge in [0.1, 0.15) is 23.0 Å². The van der Waals surface area contributed by atoms with Gasteiger partial charge in [-0.05, 0) is 53.6 Å². The number of carbonyl (C=O) groups is 1. The van der Waals surface area contributed by atoms with E-state index in [1.807, 2.05) is 19.1 Å². The number of hydrogen-bond acceptors (Lipinski definition) is 5. The lowest BCUT2D eigenvalue weighted by molar-refractivity contribution is -0.145. The Balaban J connectivity index is 1.91. The number of hydrogen-bond donors (Lipinski definition) is 2. The van der Waals surface area contributed by atoms with Crippen molar-refractivity contribution >= 4 is 5.97 Å². The highest BCUT2D eigenvalue weighted by Crippen LogP contribution is 2.41. The van der Waals surface area contributed by atoms with Crippen LogP contribution in [0.2, 0.25) is 0 Å². The molecular weight excluding hydrogens is 432 g/mol. The van der Waals surface area contributed by atoms with Crippen LogP contribution in [-0.4, -0.2) is 35.5 Å². The first kappa shape index (κ1) is 27.4. The number of aromatic hydroxyl groups is 1. The van der Waals surface area contributed by atoms with Gasteiger partial charge in [-0.25, -0.2) is 4.79 Å². The minimum atomic E-state index is -0.958. The van der Waals surface area contributed by atoms with Crippen molar-refractivity contribution in [3.8, 4) is 23.0 Å². The molecule has 0 heterocycles. The molecule has 2 N–H and O–H groups in total. The summed E-state index contributed by atoms with van der Waals surface area (Å²) in [7, 11) is 0. The highest BCUT2D eigenvalue weighted by atomic mass is 16.5. The molecule has 188 valence electrons. The summed E-state index contributed by atoms with van der Waals surface area (Å²) in [5.41, 5.74) is 1.34. The summed E-state index contributed by atoms with van der Waals surface area (Å²) in [5.74, 6) is 1.32. The van der Waals surface area contributed by atoms with Gasteiger partial charge < -0.3 is 24.4 Å². The second-order valence-electron chi connectivity index (χ2n) is 10.6. The van der Waals surface area contributed by atoms with E-state index in [2.05, 4.69) is 41.5 Å². The van der Waals surface area contributed by atoms with Crippen molar-refractivity contribution in [1.29, 1.82) is 0 Å². The van der Waals surface area contributed by atoms with E-state index in [0.717, 1.165) is 23.3 Å². The van der Waals surface area contributed by atoms with Crippen molar-refractivity contribution in [1.82, 2.24) is 0 Å². The molecule has 1 atom stereocenters. The van der Waals surface area contributed by atoms with Crippen LogP contribution in [0.4, 0.5) is 0 Å². The zero-order valence-electron chi connectivity index (χ0n) is 21.6. The van der Waals surface area contributed by atoms with Crippen molar-refractivity contribution in [2.75, 3.05) is 13.2 Å². The van der Waals surface area contributed by atoms with Crippen LogP contribution in [0.25, 0.3) is 0 Å². The van der Waals surface area contributed by atoms with E-state index >= 15 is 0 Å². The molecule has 0 fully saturated rings. The topological polar surface area (TPSA) is 85.2 Å². The summed E-state index contributed by atoms with van der Waals surface area (Å²) in [6.45, 7) is 15.3. The third-order valence-corrected chi connectivity index (χ3v) is 5.45. The molecule has 34 heavy (non-hydrogen) atoms. The normalized spacial score (nSPS) is 12.8. The van der Waals surface area contributed by atoms with Crippen LogP contribution < -0.4 is 14.2 Å². The van der Waals surface area contributed by atoms with Gasteiger partial charge in [0.05, 0.1) is 13.2 Å². The van der Waals surface area contributed by atoms with E-state index in [9.17, 15) is 15.0 Å². The molecule has 6 nitrogen and oxygen atoms in total. The van der Waals surface area contributed by atoms with Crippen molar-refractivity contribution in [2.24, 2.45) is 0 Å². The van der Waals surface area contributed by atoms with Gasteiger partial charge in [0.25, 0.3) is 0 Å². The molecule has 0 aliphatic carbocycles. The van der Waals surface area contributed by atoms with E-state index < -0.39 is 12.1 Å². The molecule has 0 saturated carbocycles. The first-order valence-electron chi connectivity index (χ1n) is 12.0. The van der Waals surface area contributed by atoms with E-state index in [1.165, 1.54) is 0 Å². The maximum atomic E-state index is 11.2.